The molecule has 5 atom stereocenters. The fourth-order valence-electron chi connectivity index (χ4n) is 6.26. The molecule has 4 rings (SSSR count). The molecule has 1 aromatic carbocycles. The molecule has 1 amide bonds. The quantitative estimate of drug-likeness (QED) is 0.642. The SMILES string of the molecule is CC12CCC3c4ccc(OC(=O)N(CCCl)CCCl)cc4CC[C@H]3C1CCC2O. The lowest BCUT2D eigenvalue weighted by Crippen LogP contribution is -2.43. The van der Waals surface area contributed by atoms with Crippen molar-refractivity contribution in [1.29, 1.82) is 0 Å². The molecule has 29 heavy (non-hydrogen) atoms. The third-order valence-corrected chi connectivity index (χ3v) is 8.16. The number of fused-ring (bicyclic) bond motifs is 5. The van der Waals surface area contributed by atoms with E-state index in [4.69, 9.17) is 27.9 Å². The zero-order valence-corrected chi connectivity index (χ0v) is 18.6. The van der Waals surface area contributed by atoms with Crippen LogP contribution in [-0.2, 0) is 6.42 Å². The predicted molar refractivity (Wildman–Crippen MR) is 116 cm³/mol. The van der Waals surface area contributed by atoms with Gasteiger partial charge in [0.05, 0.1) is 6.10 Å². The molecule has 3 aliphatic rings. The molecule has 6 heteroatoms. The minimum absolute atomic E-state index is 0.0996. The van der Waals surface area contributed by atoms with E-state index in [2.05, 4.69) is 13.0 Å². The van der Waals surface area contributed by atoms with Crippen molar-refractivity contribution in [3.8, 4) is 5.75 Å². The summed E-state index contributed by atoms with van der Waals surface area (Å²) in [4.78, 5) is 14.0. The number of aliphatic hydroxyl groups is 1. The minimum atomic E-state index is -0.395. The van der Waals surface area contributed by atoms with Gasteiger partial charge in [0.25, 0.3) is 0 Å². The Morgan fingerprint density at radius 2 is 1.97 bits per heavy atom. The summed E-state index contributed by atoms with van der Waals surface area (Å²) in [6, 6.07) is 6.13. The van der Waals surface area contributed by atoms with E-state index >= 15 is 0 Å². The molecule has 0 aromatic heterocycles. The summed E-state index contributed by atoms with van der Waals surface area (Å²) in [5.41, 5.74) is 2.82. The number of benzene rings is 1. The van der Waals surface area contributed by atoms with Crippen molar-refractivity contribution in [2.75, 3.05) is 24.8 Å². The Morgan fingerprint density at radius 1 is 1.21 bits per heavy atom. The molecule has 160 valence electrons. The van der Waals surface area contributed by atoms with Crippen LogP contribution in [0, 0.1) is 17.3 Å². The maximum atomic E-state index is 12.4. The van der Waals surface area contributed by atoms with Gasteiger partial charge in [0.1, 0.15) is 5.75 Å². The Morgan fingerprint density at radius 3 is 2.69 bits per heavy atom. The molecule has 4 unspecified atom stereocenters. The topological polar surface area (TPSA) is 49.8 Å². The van der Waals surface area contributed by atoms with Gasteiger partial charge in [-0.1, -0.05) is 13.0 Å². The number of rotatable bonds is 5. The maximum Gasteiger partial charge on any atom is 0.415 e. The number of halogens is 2. The minimum Gasteiger partial charge on any atom is -0.410 e. The van der Waals surface area contributed by atoms with Gasteiger partial charge in [0.15, 0.2) is 0 Å². The molecule has 0 bridgehead atoms. The fraction of sp³-hybridized carbons (Fsp3) is 0.696. The van der Waals surface area contributed by atoms with Crippen LogP contribution in [0.15, 0.2) is 18.2 Å². The smallest absolute Gasteiger partial charge is 0.410 e. The third kappa shape index (κ3) is 3.88. The summed E-state index contributed by atoms with van der Waals surface area (Å²) in [6.45, 7) is 3.15. The summed E-state index contributed by atoms with van der Waals surface area (Å²) < 4.78 is 5.62. The first-order valence-electron chi connectivity index (χ1n) is 10.9. The van der Waals surface area contributed by atoms with Crippen LogP contribution in [0.3, 0.4) is 0 Å². The first-order valence-corrected chi connectivity index (χ1v) is 11.9. The number of ether oxygens (including phenoxy) is 1. The van der Waals surface area contributed by atoms with Crippen LogP contribution in [0.5, 0.6) is 5.75 Å². The van der Waals surface area contributed by atoms with E-state index in [-0.39, 0.29) is 11.5 Å². The van der Waals surface area contributed by atoms with E-state index < -0.39 is 6.09 Å². The number of nitrogens with zero attached hydrogens (tertiary/aromatic N) is 1. The monoisotopic (exact) mass is 439 g/mol. The standard InChI is InChI=1S/C23H31Cl2NO3/c1-23-9-8-18-17-5-3-16(29-22(28)26(12-10-24)13-11-25)14-15(17)2-4-19(18)20(23)6-7-21(23)27/h3,5,14,18-21,27H,2,4,6-13H2,1H3/t18?,19-,20?,21?,23?/m1/s1. The lowest BCUT2D eigenvalue weighted by Gasteiger charge is -2.50. The lowest BCUT2D eigenvalue weighted by atomic mass is 9.55. The number of alkyl halides is 2. The second-order valence-corrected chi connectivity index (χ2v) is 9.90. The number of hydrogen-bond donors (Lipinski definition) is 1. The molecule has 4 nitrogen and oxygen atoms in total. The number of carbonyl (C=O) groups is 1. The van der Waals surface area contributed by atoms with Crippen LogP contribution >= 0.6 is 23.2 Å². The zero-order valence-electron chi connectivity index (χ0n) is 17.1. The van der Waals surface area contributed by atoms with Crippen molar-refractivity contribution in [2.45, 2.75) is 57.5 Å². The highest BCUT2D eigenvalue weighted by Gasteiger charge is 2.54. The Bertz CT molecular complexity index is 752. The van der Waals surface area contributed by atoms with E-state index in [0.717, 1.165) is 38.5 Å². The molecule has 0 spiro atoms. The van der Waals surface area contributed by atoms with Crippen LogP contribution in [0.2, 0.25) is 0 Å². The van der Waals surface area contributed by atoms with Crippen molar-refractivity contribution >= 4 is 29.3 Å². The van der Waals surface area contributed by atoms with Crippen molar-refractivity contribution < 1.29 is 14.6 Å². The van der Waals surface area contributed by atoms with Crippen molar-refractivity contribution in [3.63, 3.8) is 0 Å². The molecule has 1 N–H and O–H groups in total. The molecule has 1 aromatic rings. The largest absolute Gasteiger partial charge is 0.415 e. The van der Waals surface area contributed by atoms with Crippen LogP contribution in [0.25, 0.3) is 0 Å². The fourth-order valence-corrected chi connectivity index (χ4v) is 6.67. The van der Waals surface area contributed by atoms with E-state index in [1.54, 1.807) is 4.90 Å². The van der Waals surface area contributed by atoms with Crippen LogP contribution in [0.1, 0.15) is 56.1 Å². The van der Waals surface area contributed by atoms with Gasteiger partial charge in [0, 0.05) is 24.8 Å². The highest BCUT2D eigenvalue weighted by atomic mass is 35.5. The van der Waals surface area contributed by atoms with Gasteiger partial charge in [-0.3, -0.25) is 0 Å². The second kappa shape index (κ2) is 8.64. The summed E-state index contributed by atoms with van der Waals surface area (Å²) in [6.07, 6.45) is 5.98. The molecule has 3 aliphatic carbocycles. The highest BCUT2D eigenvalue weighted by Crippen LogP contribution is 2.60. The van der Waals surface area contributed by atoms with Gasteiger partial charge in [0.2, 0.25) is 0 Å². The molecular weight excluding hydrogens is 409 g/mol. The second-order valence-electron chi connectivity index (χ2n) is 9.15. The molecular formula is C23H31Cl2NO3. The van der Waals surface area contributed by atoms with E-state index in [9.17, 15) is 9.90 Å². The number of aliphatic hydroxyl groups excluding tert-OH is 1. The first-order chi connectivity index (χ1) is 14.0. The van der Waals surface area contributed by atoms with Crippen LogP contribution in [-0.4, -0.2) is 47.1 Å². The summed E-state index contributed by atoms with van der Waals surface area (Å²) in [7, 11) is 0. The van der Waals surface area contributed by atoms with Crippen molar-refractivity contribution in [2.24, 2.45) is 17.3 Å². The average Bonchev–Trinajstić information content (AvgIpc) is 3.02. The van der Waals surface area contributed by atoms with Gasteiger partial charge in [-0.2, -0.15) is 0 Å². The number of amides is 1. The van der Waals surface area contributed by atoms with Crippen molar-refractivity contribution in [3.05, 3.63) is 29.3 Å². The molecule has 2 saturated carbocycles. The molecule has 0 aliphatic heterocycles. The summed E-state index contributed by atoms with van der Waals surface area (Å²) in [5.74, 6) is 3.16. The van der Waals surface area contributed by atoms with Crippen molar-refractivity contribution in [1.82, 2.24) is 4.90 Å². The summed E-state index contributed by atoms with van der Waals surface area (Å²) >= 11 is 11.6. The van der Waals surface area contributed by atoms with Crippen LogP contribution < -0.4 is 4.74 Å². The van der Waals surface area contributed by atoms with Gasteiger partial charge >= 0.3 is 6.09 Å². The molecule has 0 heterocycles. The Hall–Kier alpha value is -0.970. The Kier molecular flexibility index (Phi) is 6.34. The van der Waals surface area contributed by atoms with Crippen LogP contribution in [0.4, 0.5) is 4.79 Å². The number of hydrogen-bond acceptors (Lipinski definition) is 3. The Balaban J connectivity index is 1.49. The molecule has 2 fully saturated rings. The third-order valence-electron chi connectivity index (χ3n) is 7.82. The number of carbonyl (C=O) groups excluding carboxylic acids is 1. The number of aryl methyl sites for hydroxylation is 1. The van der Waals surface area contributed by atoms with E-state index in [1.807, 2.05) is 12.1 Å². The summed E-state index contributed by atoms with van der Waals surface area (Å²) in [5, 5.41) is 10.5. The van der Waals surface area contributed by atoms with Gasteiger partial charge < -0.3 is 14.7 Å². The first kappa shape index (κ1) is 21.3. The molecule has 0 radical (unpaired) electrons. The maximum absolute atomic E-state index is 12.4. The lowest BCUT2D eigenvalue weighted by molar-refractivity contribution is -0.0226. The van der Waals surface area contributed by atoms with Gasteiger partial charge in [-0.25, -0.2) is 4.79 Å². The zero-order chi connectivity index (χ0) is 20.6. The van der Waals surface area contributed by atoms with E-state index in [1.165, 1.54) is 11.1 Å². The van der Waals surface area contributed by atoms with Gasteiger partial charge in [-0.05, 0) is 85.0 Å². The highest BCUT2D eigenvalue weighted by molar-refractivity contribution is 6.18. The predicted octanol–water partition coefficient (Wildman–Crippen LogP) is 5.18. The Labute approximate surface area is 183 Å². The average molecular weight is 440 g/mol. The molecule has 0 saturated heterocycles. The van der Waals surface area contributed by atoms with E-state index in [0.29, 0.717) is 48.4 Å². The normalized spacial score (nSPS) is 32.8. The van der Waals surface area contributed by atoms with Gasteiger partial charge in [-0.15, -0.1) is 23.2 Å².